The highest BCUT2D eigenvalue weighted by atomic mass is 32.2. The number of carboxylic acids is 1. The molecule has 2 aromatic rings. The number of aliphatic carboxylic acids is 1. The molecule has 0 atom stereocenters. The second kappa shape index (κ2) is 9.23. The number of benzene rings is 2. The molecule has 6 nitrogen and oxygen atoms in total. The third-order valence-corrected chi connectivity index (χ3v) is 4.68. The van der Waals surface area contributed by atoms with Gasteiger partial charge < -0.3 is 24.1 Å². The van der Waals surface area contributed by atoms with E-state index in [0.717, 1.165) is 16.2 Å². The topological polar surface area (TPSA) is 74.2 Å². The molecule has 0 aliphatic carbocycles. The maximum atomic E-state index is 11.9. The molecule has 0 spiro atoms. The van der Waals surface area contributed by atoms with Crippen LogP contribution in [-0.4, -0.2) is 45.8 Å². The first-order valence-corrected chi connectivity index (χ1v) is 9.18. The fourth-order valence-electron chi connectivity index (χ4n) is 2.61. The van der Waals surface area contributed by atoms with E-state index in [0.29, 0.717) is 22.8 Å². The van der Waals surface area contributed by atoms with Gasteiger partial charge in [-0.25, -0.2) is 4.79 Å². The van der Waals surface area contributed by atoms with Crippen molar-refractivity contribution >= 4 is 29.4 Å². The molecule has 2 aromatic carbocycles. The zero-order valence-electron chi connectivity index (χ0n) is 15.9. The van der Waals surface area contributed by atoms with E-state index in [-0.39, 0.29) is 5.57 Å². The van der Waals surface area contributed by atoms with Crippen molar-refractivity contribution in [3.8, 4) is 23.0 Å². The molecule has 7 heteroatoms. The molecule has 0 aromatic heterocycles. The van der Waals surface area contributed by atoms with E-state index in [2.05, 4.69) is 0 Å². The molecule has 0 saturated heterocycles. The first-order valence-electron chi connectivity index (χ1n) is 7.96. The Bertz CT molecular complexity index is 835. The Kier molecular flexibility index (Phi) is 7.01. The van der Waals surface area contributed by atoms with Crippen molar-refractivity contribution in [2.45, 2.75) is 4.90 Å². The molecule has 0 aliphatic heterocycles. The summed E-state index contributed by atoms with van der Waals surface area (Å²) >= 11 is 1.52. The van der Waals surface area contributed by atoms with Crippen LogP contribution in [0.25, 0.3) is 11.6 Å². The van der Waals surface area contributed by atoms with Crippen molar-refractivity contribution in [1.82, 2.24) is 0 Å². The van der Waals surface area contributed by atoms with Gasteiger partial charge in [-0.15, -0.1) is 11.8 Å². The Balaban J connectivity index is 2.61. The van der Waals surface area contributed by atoms with Gasteiger partial charge >= 0.3 is 5.97 Å². The van der Waals surface area contributed by atoms with E-state index in [1.165, 1.54) is 33.1 Å². The van der Waals surface area contributed by atoms with Gasteiger partial charge in [-0.1, -0.05) is 6.07 Å². The maximum Gasteiger partial charge on any atom is 0.336 e. The molecule has 0 unspecified atom stereocenters. The number of carbonyl (C=O) groups is 1. The van der Waals surface area contributed by atoms with Gasteiger partial charge in [-0.3, -0.25) is 0 Å². The Morgan fingerprint density at radius 3 is 1.96 bits per heavy atom. The molecule has 27 heavy (non-hydrogen) atoms. The first-order chi connectivity index (χ1) is 13.0. The Hall–Kier alpha value is -2.80. The quantitative estimate of drug-likeness (QED) is 0.414. The lowest BCUT2D eigenvalue weighted by Gasteiger charge is -2.14. The van der Waals surface area contributed by atoms with E-state index in [9.17, 15) is 9.90 Å². The summed E-state index contributed by atoms with van der Waals surface area (Å²) in [5.74, 6) is 0.856. The summed E-state index contributed by atoms with van der Waals surface area (Å²) in [6.07, 6.45) is 3.53. The normalized spacial score (nSPS) is 11.1. The lowest BCUT2D eigenvalue weighted by Crippen LogP contribution is -2.02. The smallest absolute Gasteiger partial charge is 0.336 e. The van der Waals surface area contributed by atoms with Crippen LogP contribution in [0.15, 0.2) is 35.2 Å². The number of methoxy groups -OCH3 is 4. The maximum absolute atomic E-state index is 11.9. The van der Waals surface area contributed by atoms with Gasteiger partial charge in [0.1, 0.15) is 5.75 Å². The number of carboxylic acid groups (broad SMARTS) is 1. The van der Waals surface area contributed by atoms with E-state index < -0.39 is 5.97 Å². The predicted octanol–water partition coefficient (Wildman–Crippen LogP) is 4.07. The summed E-state index contributed by atoms with van der Waals surface area (Å²) < 4.78 is 21.2. The van der Waals surface area contributed by atoms with Crippen LogP contribution in [0.4, 0.5) is 0 Å². The average molecular weight is 390 g/mol. The van der Waals surface area contributed by atoms with Crippen molar-refractivity contribution in [1.29, 1.82) is 0 Å². The van der Waals surface area contributed by atoms with Crippen molar-refractivity contribution in [2.75, 3.05) is 34.7 Å². The van der Waals surface area contributed by atoms with E-state index >= 15 is 0 Å². The summed E-state index contributed by atoms with van der Waals surface area (Å²) in [5, 5.41) is 9.76. The zero-order valence-corrected chi connectivity index (χ0v) is 16.7. The number of hydrogen-bond acceptors (Lipinski definition) is 6. The van der Waals surface area contributed by atoms with Crippen LogP contribution in [0.1, 0.15) is 11.1 Å². The van der Waals surface area contributed by atoms with Crippen LogP contribution in [0, 0.1) is 0 Å². The van der Waals surface area contributed by atoms with Gasteiger partial charge in [-0.05, 0) is 47.7 Å². The Labute approximate surface area is 162 Å². The van der Waals surface area contributed by atoms with E-state index in [1.807, 2.05) is 18.4 Å². The van der Waals surface area contributed by atoms with Gasteiger partial charge in [0.2, 0.25) is 5.75 Å². The predicted molar refractivity (Wildman–Crippen MR) is 106 cm³/mol. The number of rotatable bonds is 8. The largest absolute Gasteiger partial charge is 0.496 e. The highest BCUT2D eigenvalue weighted by Gasteiger charge is 2.19. The van der Waals surface area contributed by atoms with Crippen LogP contribution >= 0.6 is 11.8 Å². The molecule has 0 bridgehead atoms. The fraction of sp³-hybridized carbons (Fsp3) is 0.250. The number of thioether (sulfide) groups is 1. The lowest BCUT2D eigenvalue weighted by molar-refractivity contribution is -0.130. The van der Waals surface area contributed by atoms with Crippen LogP contribution in [0.3, 0.4) is 0 Å². The molecule has 2 rings (SSSR count). The van der Waals surface area contributed by atoms with E-state index in [4.69, 9.17) is 18.9 Å². The van der Waals surface area contributed by atoms with Gasteiger partial charge in [-0.2, -0.15) is 0 Å². The summed E-state index contributed by atoms with van der Waals surface area (Å²) in [4.78, 5) is 12.8. The molecular formula is C20H22O6S. The second-order valence-electron chi connectivity index (χ2n) is 5.39. The molecule has 0 fully saturated rings. The lowest BCUT2D eigenvalue weighted by atomic mass is 10.0. The summed E-state index contributed by atoms with van der Waals surface area (Å²) in [5.41, 5.74) is 1.29. The number of hydrogen-bond donors (Lipinski definition) is 1. The molecule has 0 aliphatic rings. The van der Waals surface area contributed by atoms with Crippen molar-refractivity contribution in [2.24, 2.45) is 0 Å². The molecule has 144 valence electrons. The summed E-state index contributed by atoms with van der Waals surface area (Å²) in [6, 6.07) is 8.72. The molecule has 0 amide bonds. The zero-order chi connectivity index (χ0) is 20.0. The molecule has 0 saturated carbocycles. The molecule has 0 heterocycles. The molecular weight excluding hydrogens is 368 g/mol. The van der Waals surface area contributed by atoms with Crippen LogP contribution < -0.4 is 18.9 Å². The Morgan fingerprint density at radius 1 is 0.926 bits per heavy atom. The van der Waals surface area contributed by atoms with Crippen LogP contribution in [-0.2, 0) is 4.79 Å². The van der Waals surface area contributed by atoms with Gasteiger partial charge in [0.25, 0.3) is 0 Å². The molecule has 0 radical (unpaired) electrons. The highest BCUT2D eigenvalue weighted by Crippen LogP contribution is 2.40. The summed E-state index contributed by atoms with van der Waals surface area (Å²) in [7, 11) is 6.07. The van der Waals surface area contributed by atoms with Crippen LogP contribution in [0.2, 0.25) is 0 Å². The van der Waals surface area contributed by atoms with Gasteiger partial charge in [0.05, 0.1) is 34.0 Å². The van der Waals surface area contributed by atoms with Crippen molar-refractivity contribution < 1.29 is 28.8 Å². The Morgan fingerprint density at radius 2 is 1.52 bits per heavy atom. The minimum Gasteiger partial charge on any atom is -0.496 e. The monoisotopic (exact) mass is 390 g/mol. The van der Waals surface area contributed by atoms with Crippen LogP contribution in [0.5, 0.6) is 23.0 Å². The second-order valence-corrected chi connectivity index (χ2v) is 6.24. The average Bonchev–Trinajstić information content (AvgIpc) is 2.70. The first kappa shape index (κ1) is 20.5. The third-order valence-electron chi connectivity index (χ3n) is 3.92. The highest BCUT2D eigenvalue weighted by molar-refractivity contribution is 7.98. The minimum atomic E-state index is -1.06. The van der Waals surface area contributed by atoms with Gasteiger partial charge in [0, 0.05) is 4.90 Å². The van der Waals surface area contributed by atoms with E-state index in [1.54, 1.807) is 31.4 Å². The SMILES string of the molecule is COc1ccc(/C=C(/C(=O)O)c2cc(OC)c(OC)c(OC)c2)cc1SC. The standard InChI is InChI=1S/C20H22O6S/c1-23-15-7-6-12(9-18(15)27-5)8-14(20(21)22)13-10-16(24-2)19(26-4)17(11-13)25-3/h6-11H,1-5H3,(H,21,22)/b14-8+. The van der Waals surface area contributed by atoms with Crippen molar-refractivity contribution in [3.63, 3.8) is 0 Å². The van der Waals surface area contributed by atoms with Crippen molar-refractivity contribution in [3.05, 3.63) is 41.5 Å². The van der Waals surface area contributed by atoms with Gasteiger partial charge in [0.15, 0.2) is 11.5 Å². The molecule has 1 N–H and O–H groups in total. The third kappa shape index (κ3) is 4.49. The number of ether oxygens (including phenoxy) is 4. The summed E-state index contributed by atoms with van der Waals surface area (Å²) in [6.45, 7) is 0. The fourth-order valence-corrected chi connectivity index (χ4v) is 3.22. The minimum absolute atomic E-state index is 0.103.